The first-order valence-electron chi connectivity index (χ1n) is 5.51. The lowest BCUT2D eigenvalue weighted by Crippen LogP contribution is -2.30. The quantitative estimate of drug-likeness (QED) is 0.790. The van der Waals surface area contributed by atoms with E-state index in [1.165, 1.54) is 0 Å². The summed E-state index contributed by atoms with van der Waals surface area (Å²) in [6.45, 7) is 1.97. The van der Waals surface area contributed by atoms with Crippen LogP contribution in [0.15, 0.2) is 12.1 Å². The topological polar surface area (TPSA) is 12.0 Å². The maximum atomic E-state index is 13.2. The van der Waals surface area contributed by atoms with E-state index >= 15 is 0 Å². The van der Waals surface area contributed by atoms with E-state index in [0.29, 0.717) is 17.9 Å². The van der Waals surface area contributed by atoms with E-state index in [1.54, 1.807) is 6.07 Å². The Bertz CT molecular complexity index is 376. The molecule has 88 valence electrons. The van der Waals surface area contributed by atoms with Crippen molar-refractivity contribution in [3.05, 3.63) is 34.4 Å². The highest BCUT2D eigenvalue weighted by molar-refractivity contribution is 6.31. The smallest absolute Gasteiger partial charge is 0.177 e. The molecule has 1 aromatic carbocycles. The van der Waals surface area contributed by atoms with E-state index < -0.39 is 11.6 Å². The second-order valence-corrected chi connectivity index (χ2v) is 4.63. The van der Waals surface area contributed by atoms with Crippen LogP contribution in [-0.2, 0) is 6.42 Å². The van der Waals surface area contributed by atoms with Crippen molar-refractivity contribution < 1.29 is 8.78 Å². The van der Waals surface area contributed by atoms with Gasteiger partial charge in [-0.05, 0) is 49.9 Å². The third kappa shape index (κ3) is 2.53. The normalized spacial score (nSPS) is 21.1. The van der Waals surface area contributed by atoms with E-state index in [1.807, 2.05) is 0 Å². The summed E-state index contributed by atoms with van der Waals surface area (Å²) in [5.41, 5.74) is 0.703. The number of hydrogen-bond donors (Lipinski definition) is 1. The van der Waals surface area contributed by atoms with E-state index in [9.17, 15) is 8.78 Å². The van der Waals surface area contributed by atoms with Crippen molar-refractivity contribution in [2.75, 3.05) is 13.1 Å². The predicted octanol–water partition coefficient (Wildman–Crippen LogP) is 3.16. The van der Waals surface area contributed by atoms with Gasteiger partial charge in [-0.25, -0.2) is 8.78 Å². The van der Waals surface area contributed by atoms with Gasteiger partial charge in [0.25, 0.3) is 0 Å². The van der Waals surface area contributed by atoms with Crippen LogP contribution in [0.2, 0.25) is 5.02 Å². The number of rotatable bonds is 2. The monoisotopic (exact) mass is 245 g/mol. The van der Waals surface area contributed by atoms with Gasteiger partial charge in [-0.1, -0.05) is 17.7 Å². The van der Waals surface area contributed by atoms with Gasteiger partial charge in [0.1, 0.15) is 0 Å². The average Bonchev–Trinajstić information content (AvgIpc) is 2.31. The SMILES string of the molecule is Fc1ccc(CC2CCCNC2)c(Cl)c1F. The van der Waals surface area contributed by atoms with E-state index in [2.05, 4.69) is 5.32 Å². The molecule has 4 heteroatoms. The first-order valence-corrected chi connectivity index (χ1v) is 5.89. The number of benzene rings is 1. The fraction of sp³-hybridized carbons (Fsp3) is 0.500. The summed E-state index contributed by atoms with van der Waals surface area (Å²) in [7, 11) is 0. The summed E-state index contributed by atoms with van der Waals surface area (Å²) in [6.07, 6.45) is 2.96. The Morgan fingerprint density at radius 1 is 1.38 bits per heavy atom. The minimum atomic E-state index is -0.928. The molecule has 0 spiro atoms. The summed E-state index contributed by atoms with van der Waals surface area (Å²) >= 11 is 5.78. The summed E-state index contributed by atoms with van der Waals surface area (Å²) in [5.74, 6) is -1.34. The summed E-state index contributed by atoms with van der Waals surface area (Å²) in [4.78, 5) is 0. The van der Waals surface area contributed by atoms with Gasteiger partial charge in [0.2, 0.25) is 0 Å². The van der Waals surface area contributed by atoms with E-state index in [-0.39, 0.29) is 5.02 Å². The van der Waals surface area contributed by atoms with Crippen LogP contribution in [0.1, 0.15) is 18.4 Å². The third-order valence-corrected chi connectivity index (χ3v) is 3.43. The van der Waals surface area contributed by atoms with Gasteiger partial charge in [0.05, 0.1) is 5.02 Å². The summed E-state index contributed by atoms with van der Waals surface area (Å²) in [6, 6.07) is 2.72. The number of hydrogen-bond acceptors (Lipinski definition) is 1. The van der Waals surface area contributed by atoms with Crippen LogP contribution in [0.25, 0.3) is 0 Å². The van der Waals surface area contributed by atoms with Crippen LogP contribution >= 0.6 is 11.6 Å². The molecular formula is C12H14ClF2N. The van der Waals surface area contributed by atoms with Crippen LogP contribution < -0.4 is 5.32 Å². The molecule has 1 aliphatic heterocycles. The van der Waals surface area contributed by atoms with Crippen molar-refractivity contribution in [1.29, 1.82) is 0 Å². The molecule has 0 radical (unpaired) electrons. The van der Waals surface area contributed by atoms with Gasteiger partial charge in [-0.15, -0.1) is 0 Å². The lowest BCUT2D eigenvalue weighted by Gasteiger charge is -2.23. The molecule has 1 unspecified atom stereocenters. The molecule has 1 aromatic rings. The van der Waals surface area contributed by atoms with Crippen molar-refractivity contribution in [3.8, 4) is 0 Å². The highest BCUT2D eigenvalue weighted by Gasteiger charge is 2.17. The molecule has 1 nitrogen and oxygen atoms in total. The minimum Gasteiger partial charge on any atom is -0.316 e. The van der Waals surface area contributed by atoms with Crippen molar-refractivity contribution in [2.45, 2.75) is 19.3 Å². The Hall–Kier alpha value is -0.670. The molecule has 0 aliphatic carbocycles. The molecule has 1 saturated heterocycles. The van der Waals surface area contributed by atoms with Gasteiger partial charge in [-0.3, -0.25) is 0 Å². The largest absolute Gasteiger partial charge is 0.316 e. The van der Waals surface area contributed by atoms with Crippen LogP contribution in [-0.4, -0.2) is 13.1 Å². The van der Waals surface area contributed by atoms with Gasteiger partial charge >= 0.3 is 0 Å². The predicted molar refractivity (Wildman–Crippen MR) is 60.7 cm³/mol. The molecule has 1 aliphatic rings. The Balaban J connectivity index is 2.11. The van der Waals surface area contributed by atoms with Gasteiger partial charge in [0, 0.05) is 0 Å². The molecule has 1 fully saturated rings. The van der Waals surface area contributed by atoms with Crippen molar-refractivity contribution >= 4 is 11.6 Å². The first kappa shape index (κ1) is 11.8. The molecular weight excluding hydrogens is 232 g/mol. The molecule has 1 atom stereocenters. The van der Waals surface area contributed by atoms with E-state index in [4.69, 9.17) is 11.6 Å². The van der Waals surface area contributed by atoms with Gasteiger partial charge in [0.15, 0.2) is 11.6 Å². The van der Waals surface area contributed by atoms with Crippen LogP contribution in [0.3, 0.4) is 0 Å². The van der Waals surface area contributed by atoms with Gasteiger partial charge in [-0.2, -0.15) is 0 Å². The molecule has 0 aromatic heterocycles. The maximum Gasteiger partial charge on any atom is 0.177 e. The number of halogens is 3. The molecule has 16 heavy (non-hydrogen) atoms. The molecule has 0 bridgehead atoms. The fourth-order valence-corrected chi connectivity index (χ4v) is 2.36. The minimum absolute atomic E-state index is 0.0643. The lowest BCUT2D eigenvalue weighted by atomic mass is 9.92. The summed E-state index contributed by atoms with van der Waals surface area (Å²) in [5, 5.41) is 3.23. The molecule has 1 N–H and O–H groups in total. The highest BCUT2D eigenvalue weighted by Crippen LogP contribution is 2.26. The Kier molecular flexibility index (Phi) is 3.77. The highest BCUT2D eigenvalue weighted by atomic mass is 35.5. The van der Waals surface area contributed by atoms with Crippen LogP contribution in [0, 0.1) is 17.6 Å². The second kappa shape index (κ2) is 5.11. The molecule has 0 saturated carbocycles. The Labute approximate surface area is 98.8 Å². The molecule has 2 rings (SSSR count). The first-order chi connectivity index (χ1) is 7.68. The lowest BCUT2D eigenvalue weighted by molar-refractivity contribution is 0.375. The fourth-order valence-electron chi connectivity index (χ4n) is 2.13. The number of nitrogens with one attached hydrogen (secondary N) is 1. The van der Waals surface area contributed by atoms with Crippen molar-refractivity contribution in [3.63, 3.8) is 0 Å². The van der Waals surface area contributed by atoms with E-state index in [0.717, 1.165) is 32.0 Å². The Morgan fingerprint density at radius 3 is 2.88 bits per heavy atom. The molecule has 0 amide bonds. The molecule has 1 heterocycles. The average molecular weight is 246 g/mol. The van der Waals surface area contributed by atoms with Crippen LogP contribution in [0.5, 0.6) is 0 Å². The zero-order valence-corrected chi connectivity index (χ0v) is 9.66. The zero-order valence-electron chi connectivity index (χ0n) is 8.90. The summed E-state index contributed by atoms with van der Waals surface area (Å²) < 4.78 is 26.1. The van der Waals surface area contributed by atoms with Crippen molar-refractivity contribution in [1.82, 2.24) is 5.32 Å². The second-order valence-electron chi connectivity index (χ2n) is 4.25. The van der Waals surface area contributed by atoms with Crippen molar-refractivity contribution in [2.24, 2.45) is 5.92 Å². The Morgan fingerprint density at radius 2 is 2.19 bits per heavy atom. The standard InChI is InChI=1S/C12H14ClF2N/c13-11-9(3-4-10(14)12(11)15)6-8-2-1-5-16-7-8/h3-4,8,16H,1-2,5-7H2. The zero-order chi connectivity index (χ0) is 11.5. The van der Waals surface area contributed by atoms with Crippen LogP contribution in [0.4, 0.5) is 8.78 Å². The number of piperidine rings is 1. The third-order valence-electron chi connectivity index (χ3n) is 3.02. The maximum absolute atomic E-state index is 13.2. The van der Waals surface area contributed by atoms with Gasteiger partial charge < -0.3 is 5.32 Å².